The second-order valence-electron chi connectivity index (χ2n) is 2.09. The van der Waals surface area contributed by atoms with E-state index in [1.54, 1.807) is 0 Å². The van der Waals surface area contributed by atoms with Gasteiger partial charge in [-0.2, -0.15) is 35.4 Å². The molecule has 1 aromatic carbocycles. The fourth-order valence-electron chi connectivity index (χ4n) is 0.731. The maximum absolute atomic E-state index is 4.89. The first-order valence-corrected chi connectivity index (χ1v) is 7.42. The molecule has 1 aromatic rings. The average Bonchev–Trinajstić information content (AvgIpc) is 1.88. The first kappa shape index (κ1) is 11.5. The monoisotopic (exact) mass is 223 g/mol. The first-order chi connectivity index (χ1) is 5.20. The minimum atomic E-state index is -0.556. The van der Waals surface area contributed by atoms with Crippen LogP contribution in [0.4, 0.5) is 0 Å². The van der Waals surface area contributed by atoms with Gasteiger partial charge in [-0.25, -0.2) is 0 Å². The third-order valence-corrected chi connectivity index (χ3v) is 1.09. The Hall–Kier alpha value is 0.514. The summed E-state index contributed by atoms with van der Waals surface area (Å²) in [6.45, 7) is 4.10. The Bertz CT molecular complexity index is 184. The van der Waals surface area contributed by atoms with Crippen LogP contribution in [0.3, 0.4) is 0 Å². The van der Waals surface area contributed by atoms with Crippen molar-refractivity contribution >= 4 is 18.6 Å². The molecule has 0 N–H and O–H groups in total. The summed E-state index contributed by atoms with van der Waals surface area (Å²) < 4.78 is 0. The molecule has 0 aliphatic carbocycles. The van der Waals surface area contributed by atoms with Gasteiger partial charge in [0, 0.05) is 0 Å². The summed E-state index contributed by atoms with van der Waals surface area (Å²) in [4.78, 5) is 0. The van der Waals surface area contributed by atoms with Crippen molar-refractivity contribution in [1.82, 2.24) is 0 Å². The van der Waals surface area contributed by atoms with Crippen LogP contribution >= 0.6 is 18.6 Å². The van der Waals surface area contributed by atoms with Crippen molar-refractivity contribution in [1.29, 1.82) is 0 Å². The van der Waals surface area contributed by atoms with Gasteiger partial charge < -0.3 is 0 Å². The average molecular weight is 224 g/mol. The normalized spacial score (nSPS) is 8.00. The Labute approximate surface area is 84.6 Å². The summed E-state index contributed by atoms with van der Waals surface area (Å²) in [5.41, 5.74) is 2.43. The van der Waals surface area contributed by atoms with E-state index >= 15 is 0 Å². The molecule has 0 aliphatic heterocycles. The van der Waals surface area contributed by atoms with E-state index in [4.69, 9.17) is 18.6 Å². The quantitative estimate of drug-likeness (QED) is 0.467. The van der Waals surface area contributed by atoms with Gasteiger partial charge in [-0.3, -0.25) is 0 Å². The van der Waals surface area contributed by atoms with Gasteiger partial charge in [0.2, 0.25) is 0 Å². The van der Waals surface area contributed by atoms with Crippen LogP contribution in [0, 0.1) is 19.9 Å². The van der Waals surface area contributed by atoms with Crippen LogP contribution in [-0.4, -0.2) is 0 Å². The summed E-state index contributed by atoms with van der Waals surface area (Å²) in [6.07, 6.45) is 0. The van der Waals surface area contributed by atoms with Crippen LogP contribution in [-0.2, 0) is 17.0 Å². The van der Waals surface area contributed by atoms with Gasteiger partial charge in [-0.15, -0.1) is 0 Å². The van der Waals surface area contributed by atoms with Gasteiger partial charge >= 0.3 is 35.6 Å². The van der Waals surface area contributed by atoms with Gasteiger partial charge in [0.1, 0.15) is 0 Å². The molecule has 60 valence electrons. The fourth-order valence-corrected chi connectivity index (χ4v) is 0.731. The predicted molar refractivity (Wildman–Crippen MR) is 46.5 cm³/mol. The van der Waals surface area contributed by atoms with Crippen LogP contribution < -0.4 is 0 Å². The topological polar surface area (TPSA) is 0 Å². The fraction of sp³-hybridized carbons (Fsp3) is 0.250. The van der Waals surface area contributed by atoms with Crippen molar-refractivity contribution in [3.8, 4) is 0 Å². The number of aryl methyl sites for hydroxylation is 2. The van der Waals surface area contributed by atoms with Crippen molar-refractivity contribution in [2.75, 3.05) is 0 Å². The van der Waals surface area contributed by atoms with Gasteiger partial charge in [0.15, 0.2) is 0 Å². The second kappa shape index (κ2) is 7.18. The molecule has 0 saturated carbocycles. The predicted octanol–water partition coefficient (Wildman–Crippen LogP) is 3.48. The summed E-state index contributed by atoms with van der Waals surface area (Å²) in [6, 6.07) is 9.31. The van der Waals surface area contributed by atoms with E-state index in [0.717, 1.165) is 0 Å². The van der Waals surface area contributed by atoms with Crippen molar-refractivity contribution < 1.29 is 17.0 Å². The first-order valence-electron chi connectivity index (χ1n) is 3.12. The molecule has 0 amide bonds. The molecule has 3 heteroatoms. The molecule has 0 saturated heterocycles. The van der Waals surface area contributed by atoms with E-state index in [9.17, 15) is 0 Å². The molecule has 1 rings (SSSR count). The molecule has 0 aliphatic rings. The summed E-state index contributed by atoms with van der Waals surface area (Å²) in [7, 11) is 9.78. The summed E-state index contributed by atoms with van der Waals surface area (Å²) in [5.74, 6) is 0. The molecular formula is C8H9Cl2Ti-. The van der Waals surface area contributed by atoms with E-state index in [-0.39, 0.29) is 0 Å². The maximum atomic E-state index is 4.89. The zero-order valence-electron chi connectivity index (χ0n) is 6.49. The van der Waals surface area contributed by atoms with Crippen molar-refractivity contribution in [3.63, 3.8) is 0 Å². The zero-order valence-corrected chi connectivity index (χ0v) is 9.56. The van der Waals surface area contributed by atoms with Crippen molar-refractivity contribution in [2.24, 2.45) is 0 Å². The van der Waals surface area contributed by atoms with Crippen LogP contribution in [0.5, 0.6) is 0 Å². The Morgan fingerprint density at radius 3 is 1.73 bits per heavy atom. The summed E-state index contributed by atoms with van der Waals surface area (Å²) in [5, 5.41) is 0. The number of hydrogen-bond acceptors (Lipinski definition) is 0. The molecule has 0 bridgehead atoms. The van der Waals surface area contributed by atoms with Gasteiger partial charge in [-0.1, -0.05) is 13.8 Å². The zero-order chi connectivity index (χ0) is 8.69. The van der Waals surface area contributed by atoms with E-state index < -0.39 is 17.0 Å². The molecule has 11 heavy (non-hydrogen) atoms. The van der Waals surface area contributed by atoms with Crippen LogP contribution in [0.15, 0.2) is 18.2 Å². The molecule has 0 fully saturated rings. The molecule has 0 spiro atoms. The molecule has 0 atom stereocenters. The van der Waals surface area contributed by atoms with Crippen LogP contribution in [0.2, 0.25) is 0 Å². The van der Waals surface area contributed by atoms with Crippen LogP contribution in [0.25, 0.3) is 0 Å². The van der Waals surface area contributed by atoms with Gasteiger partial charge in [0.05, 0.1) is 0 Å². The van der Waals surface area contributed by atoms with E-state index in [2.05, 4.69) is 6.07 Å². The standard InChI is InChI=1S/C8H9.2ClH.Ti/c1-7-4-3-5-8(2)6-7;;;/h3-5H,1-2H3;2*1H;/q-1;;;+2/p-2. The van der Waals surface area contributed by atoms with Crippen LogP contribution in [0.1, 0.15) is 11.1 Å². The number of benzene rings is 1. The van der Waals surface area contributed by atoms with Crippen molar-refractivity contribution in [3.05, 3.63) is 35.4 Å². The van der Waals surface area contributed by atoms with Gasteiger partial charge in [-0.05, 0) is 0 Å². The van der Waals surface area contributed by atoms with E-state index in [1.807, 2.05) is 32.0 Å². The Morgan fingerprint density at radius 2 is 1.55 bits per heavy atom. The number of rotatable bonds is 0. The Kier molecular flexibility index (Phi) is 7.51. The molecular weight excluding hydrogens is 215 g/mol. The Morgan fingerprint density at radius 1 is 1.18 bits per heavy atom. The molecule has 0 nitrogen and oxygen atoms in total. The minimum absolute atomic E-state index is 0.556. The molecule has 0 heterocycles. The third kappa shape index (κ3) is 6.89. The van der Waals surface area contributed by atoms with E-state index in [1.165, 1.54) is 11.1 Å². The Balaban J connectivity index is 0.000000292. The molecule has 0 radical (unpaired) electrons. The van der Waals surface area contributed by atoms with E-state index in [0.29, 0.717) is 0 Å². The number of halogens is 2. The molecule has 0 unspecified atom stereocenters. The number of hydrogen-bond donors (Lipinski definition) is 0. The van der Waals surface area contributed by atoms with Gasteiger partial charge in [0.25, 0.3) is 0 Å². The van der Waals surface area contributed by atoms with Crippen molar-refractivity contribution in [2.45, 2.75) is 13.8 Å². The third-order valence-electron chi connectivity index (χ3n) is 1.09. The summed E-state index contributed by atoms with van der Waals surface area (Å²) >= 11 is -0.556. The SMILES string of the molecule is Cc1[c-]c(C)ccc1.[Cl][Ti][Cl]. The molecule has 0 aromatic heterocycles. The second-order valence-corrected chi connectivity index (χ2v) is 4.67.